The number of aliphatic imine (C=N–C) groups is 1. The second-order valence-electron chi connectivity index (χ2n) is 6.56. The summed E-state index contributed by atoms with van der Waals surface area (Å²) in [5.74, 6) is 1.90. The summed E-state index contributed by atoms with van der Waals surface area (Å²) in [7, 11) is 1.70. The molecule has 138 valence electrons. The highest BCUT2D eigenvalue weighted by atomic mass is 16.5. The van der Waals surface area contributed by atoms with E-state index in [-0.39, 0.29) is 0 Å². The fourth-order valence-electron chi connectivity index (χ4n) is 3.54. The second kappa shape index (κ2) is 9.06. The lowest BCUT2D eigenvalue weighted by atomic mass is 10.2. The number of nitrogens with one attached hydrogen (secondary N) is 1. The first kappa shape index (κ1) is 18.0. The number of ether oxygens (including phenoxy) is 2. The normalized spacial score (nSPS) is 22.2. The van der Waals surface area contributed by atoms with E-state index in [1.807, 2.05) is 18.2 Å². The fourth-order valence-corrected chi connectivity index (χ4v) is 3.54. The van der Waals surface area contributed by atoms with E-state index >= 15 is 0 Å². The van der Waals surface area contributed by atoms with Crippen LogP contribution < -0.4 is 10.1 Å². The first-order chi connectivity index (χ1) is 12.3. The van der Waals surface area contributed by atoms with Crippen LogP contribution in [0.25, 0.3) is 0 Å². The molecule has 6 heteroatoms. The van der Waals surface area contributed by atoms with E-state index in [0.29, 0.717) is 12.6 Å². The van der Waals surface area contributed by atoms with Gasteiger partial charge < -0.3 is 19.7 Å². The molecule has 0 radical (unpaired) electrons. The van der Waals surface area contributed by atoms with Gasteiger partial charge in [0, 0.05) is 38.8 Å². The highest BCUT2D eigenvalue weighted by Crippen LogP contribution is 2.18. The number of rotatable bonds is 5. The van der Waals surface area contributed by atoms with Gasteiger partial charge >= 0.3 is 0 Å². The monoisotopic (exact) mass is 346 g/mol. The summed E-state index contributed by atoms with van der Waals surface area (Å²) in [6, 6.07) is 8.74. The highest BCUT2D eigenvalue weighted by molar-refractivity contribution is 5.80. The van der Waals surface area contributed by atoms with Gasteiger partial charge in [0.05, 0.1) is 26.9 Å². The Morgan fingerprint density at radius 2 is 2.16 bits per heavy atom. The predicted molar refractivity (Wildman–Crippen MR) is 100 cm³/mol. The molecular weight excluding hydrogens is 316 g/mol. The Hall–Kier alpha value is -1.79. The van der Waals surface area contributed by atoms with Crippen molar-refractivity contribution in [3.8, 4) is 5.75 Å². The van der Waals surface area contributed by atoms with Gasteiger partial charge in [-0.05, 0) is 31.0 Å². The summed E-state index contributed by atoms with van der Waals surface area (Å²) in [6.45, 7) is 9.60. The molecule has 0 aromatic heterocycles. The third-order valence-electron chi connectivity index (χ3n) is 4.91. The molecule has 3 rings (SSSR count). The minimum absolute atomic E-state index is 0.615. The molecule has 6 nitrogen and oxygen atoms in total. The van der Waals surface area contributed by atoms with Gasteiger partial charge in [-0.1, -0.05) is 12.1 Å². The van der Waals surface area contributed by atoms with Gasteiger partial charge in [0.15, 0.2) is 5.96 Å². The van der Waals surface area contributed by atoms with Crippen LogP contribution in [0, 0.1) is 0 Å². The summed E-state index contributed by atoms with van der Waals surface area (Å²) >= 11 is 0. The van der Waals surface area contributed by atoms with Crippen LogP contribution >= 0.6 is 0 Å². The molecule has 2 aliphatic rings. The van der Waals surface area contributed by atoms with Crippen molar-refractivity contribution in [2.75, 3.05) is 53.0 Å². The van der Waals surface area contributed by atoms with Crippen LogP contribution in [0.1, 0.15) is 18.9 Å². The number of benzene rings is 1. The molecule has 0 aliphatic carbocycles. The molecule has 1 aromatic rings. The molecule has 0 amide bonds. The first-order valence-corrected chi connectivity index (χ1v) is 9.28. The molecule has 1 aromatic carbocycles. The van der Waals surface area contributed by atoms with Crippen molar-refractivity contribution in [2.24, 2.45) is 4.99 Å². The van der Waals surface area contributed by atoms with Crippen molar-refractivity contribution in [3.05, 3.63) is 29.8 Å². The highest BCUT2D eigenvalue weighted by Gasteiger charge is 2.30. The zero-order valence-corrected chi connectivity index (χ0v) is 15.4. The van der Waals surface area contributed by atoms with Crippen LogP contribution in [-0.2, 0) is 11.3 Å². The average Bonchev–Trinajstić information content (AvgIpc) is 3.16. The summed E-state index contributed by atoms with van der Waals surface area (Å²) in [5, 5.41) is 3.45. The van der Waals surface area contributed by atoms with E-state index in [2.05, 4.69) is 28.1 Å². The first-order valence-electron chi connectivity index (χ1n) is 9.28. The molecule has 1 unspecified atom stereocenters. The summed E-state index contributed by atoms with van der Waals surface area (Å²) < 4.78 is 10.8. The van der Waals surface area contributed by atoms with E-state index in [0.717, 1.165) is 57.6 Å². The molecule has 2 fully saturated rings. The third kappa shape index (κ3) is 4.86. The largest absolute Gasteiger partial charge is 0.497 e. The zero-order chi connectivity index (χ0) is 17.5. The maximum absolute atomic E-state index is 5.48. The summed E-state index contributed by atoms with van der Waals surface area (Å²) in [6.07, 6.45) is 1.20. The Kier molecular flexibility index (Phi) is 6.53. The third-order valence-corrected chi connectivity index (χ3v) is 4.91. The van der Waals surface area contributed by atoms with Gasteiger partial charge in [0.25, 0.3) is 0 Å². The van der Waals surface area contributed by atoms with Crippen molar-refractivity contribution >= 4 is 5.96 Å². The number of hydrogen-bond acceptors (Lipinski definition) is 4. The van der Waals surface area contributed by atoms with E-state index in [9.17, 15) is 0 Å². The quantitative estimate of drug-likeness (QED) is 0.648. The molecule has 1 N–H and O–H groups in total. The van der Waals surface area contributed by atoms with E-state index < -0.39 is 0 Å². The maximum Gasteiger partial charge on any atom is 0.194 e. The average molecular weight is 346 g/mol. The Morgan fingerprint density at radius 1 is 1.32 bits per heavy atom. The summed E-state index contributed by atoms with van der Waals surface area (Å²) in [4.78, 5) is 9.81. The van der Waals surface area contributed by atoms with Crippen molar-refractivity contribution < 1.29 is 9.47 Å². The summed E-state index contributed by atoms with van der Waals surface area (Å²) in [5.41, 5.74) is 1.17. The number of likely N-dealkylation sites (tertiary alicyclic amines) is 1. The maximum atomic E-state index is 5.48. The minimum atomic E-state index is 0.615. The minimum Gasteiger partial charge on any atom is -0.497 e. The van der Waals surface area contributed by atoms with Crippen LogP contribution in [0.5, 0.6) is 5.75 Å². The molecule has 2 aliphatic heterocycles. The molecule has 2 heterocycles. The zero-order valence-electron chi connectivity index (χ0n) is 15.4. The topological polar surface area (TPSA) is 49.3 Å². The van der Waals surface area contributed by atoms with Crippen LogP contribution in [0.4, 0.5) is 0 Å². The number of guanidine groups is 1. The van der Waals surface area contributed by atoms with Crippen molar-refractivity contribution in [2.45, 2.75) is 25.9 Å². The molecule has 2 saturated heterocycles. The van der Waals surface area contributed by atoms with E-state index in [1.54, 1.807) is 7.11 Å². The lowest BCUT2D eigenvalue weighted by Gasteiger charge is -2.32. The number of hydrogen-bond donors (Lipinski definition) is 1. The molecular formula is C19H30N4O2. The van der Waals surface area contributed by atoms with Crippen LogP contribution in [0.3, 0.4) is 0 Å². The second-order valence-corrected chi connectivity index (χ2v) is 6.56. The molecule has 1 atom stereocenters. The van der Waals surface area contributed by atoms with Gasteiger partial charge in [0.1, 0.15) is 5.75 Å². The standard InChI is InChI=1S/C19H30N4O2/c1-3-20-19(21-14-16-5-4-6-18(13-16)24-2)23-8-7-17(15-23)22-9-11-25-12-10-22/h4-6,13,17H,3,7-12,14-15H2,1-2H3,(H,20,21). The van der Waals surface area contributed by atoms with Crippen LogP contribution in [0.2, 0.25) is 0 Å². The molecule has 0 spiro atoms. The van der Waals surface area contributed by atoms with Gasteiger partial charge in [-0.2, -0.15) is 0 Å². The van der Waals surface area contributed by atoms with Gasteiger partial charge in [0.2, 0.25) is 0 Å². The van der Waals surface area contributed by atoms with Crippen LogP contribution in [-0.4, -0.2) is 74.8 Å². The lowest BCUT2D eigenvalue weighted by Crippen LogP contribution is -2.46. The van der Waals surface area contributed by atoms with Gasteiger partial charge in [-0.3, -0.25) is 4.90 Å². The van der Waals surface area contributed by atoms with E-state index in [4.69, 9.17) is 14.5 Å². The Balaban J connectivity index is 1.62. The van der Waals surface area contributed by atoms with E-state index in [1.165, 1.54) is 12.0 Å². The van der Waals surface area contributed by atoms with Crippen molar-refractivity contribution in [3.63, 3.8) is 0 Å². The Bertz CT molecular complexity index is 572. The molecule has 0 saturated carbocycles. The number of morpholine rings is 1. The van der Waals surface area contributed by atoms with Gasteiger partial charge in [-0.25, -0.2) is 4.99 Å². The van der Waals surface area contributed by atoms with Crippen LogP contribution in [0.15, 0.2) is 29.3 Å². The molecule has 25 heavy (non-hydrogen) atoms. The lowest BCUT2D eigenvalue weighted by molar-refractivity contribution is 0.0195. The predicted octanol–water partition coefficient (Wildman–Crippen LogP) is 1.57. The Morgan fingerprint density at radius 3 is 2.92 bits per heavy atom. The number of nitrogens with zero attached hydrogens (tertiary/aromatic N) is 3. The van der Waals surface area contributed by atoms with Crippen molar-refractivity contribution in [1.29, 1.82) is 0 Å². The smallest absolute Gasteiger partial charge is 0.194 e. The Labute approximate surface area is 150 Å². The van der Waals surface area contributed by atoms with Gasteiger partial charge in [-0.15, -0.1) is 0 Å². The van der Waals surface area contributed by atoms with Crippen molar-refractivity contribution in [1.82, 2.24) is 15.1 Å². The SMILES string of the molecule is CCNC(=NCc1cccc(OC)c1)N1CCC(N2CCOCC2)C1. The molecule has 0 bridgehead atoms. The number of methoxy groups -OCH3 is 1. The fraction of sp³-hybridized carbons (Fsp3) is 0.632.